The van der Waals surface area contributed by atoms with Crippen LogP contribution in [0.4, 0.5) is 10.2 Å². The van der Waals surface area contributed by atoms with Gasteiger partial charge >= 0.3 is 0 Å². The van der Waals surface area contributed by atoms with Crippen LogP contribution in [0, 0.1) is 11.7 Å². The molecule has 2 fully saturated rings. The first-order valence-electron chi connectivity index (χ1n) is 11.4. The molecule has 1 aromatic rings. The van der Waals surface area contributed by atoms with E-state index in [0.717, 1.165) is 45.6 Å². The molecule has 0 spiro atoms. The minimum Gasteiger partial charge on any atom is -0.381 e. The van der Waals surface area contributed by atoms with Gasteiger partial charge in [0.1, 0.15) is 0 Å². The Hall–Kier alpha value is -1.57. The van der Waals surface area contributed by atoms with E-state index >= 15 is 0 Å². The molecule has 0 aliphatic carbocycles. The van der Waals surface area contributed by atoms with Crippen molar-refractivity contribution in [3.05, 3.63) is 24.1 Å². The molecule has 2 aliphatic rings. The zero-order valence-corrected chi connectivity index (χ0v) is 18.8. The Labute approximate surface area is 180 Å². The molecular weight excluding hydrogens is 383 g/mol. The van der Waals surface area contributed by atoms with E-state index < -0.39 is 5.82 Å². The Morgan fingerprint density at radius 1 is 1.27 bits per heavy atom. The van der Waals surface area contributed by atoms with Crippen LogP contribution >= 0.6 is 0 Å². The van der Waals surface area contributed by atoms with Crippen molar-refractivity contribution in [3.63, 3.8) is 0 Å². The number of halogens is 1. The summed E-state index contributed by atoms with van der Waals surface area (Å²) in [6.45, 7) is 13.3. The topological polar surface area (TPSA) is 48.9 Å². The molecule has 168 valence electrons. The van der Waals surface area contributed by atoms with E-state index in [2.05, 4.69) is 28.6 Å². The molecule has 0 saturated carbocycles. The van der Waals surface area contributed by atoms with Gasteiger partial charge in [-0.3, -0.25) is 14.6 Å². The zero-order valence-electron chi connectivity index (χ0n) is 18.8. The van der Waals surface area contributed by atoms with E-state index in [-0.39, 0.29) is 17.3 Å². The summed E-state index contributed by atoms with van der Waals surface area (Å²) >= 11 is 0. The smallest absolute Gasteiger partial charge is 0.228 e. The van der Waals surface area contributed by atoms with Crippen LogP contribution in [-0.2, 0) is 9.53 Å². The van der Waals surface area contributed by atoms with Gasteiger partial charge in [-0.2, -0.15) is 0 Å². The van der Waals surface area contributed by atoms with E-state index in [4.69, 9.17) is 4.74 Å². The van der Waals surface area contributed by atoms with E-state index in [9.17, 15) is 9.18 Å². The third-order valence-electron chi connectivity index (χ3n) is 6.54. The van der Waals surface area contributed by atoms with E-state index in [1.54, 1.807) is 17.2 Å². The average molecular weight is 421 g/mol. The Balaban J connectivity index is 1.77. The van der Waals surface area contributed by atoms with Gasteiger partial charge in [0.05, 0.1) is 0 Å². The van der Waals surface area contributed by atoms with Crippen molar-refractivity contribution in [1.29, 1.82) is 0 Å². The second kappa shape index (κ2) is 10.6. The van der Waals surface area contributed by atoms with Crippen LogP contribution in [0.2, 0.25) is 0 Å². The number of amides is 1. The van der Waals surface area contributed by atoms with Crippen LogP contribution < -0.4 is 4.90 Å². The SMILES string of the molecule is CCC(=O)N(CC1(N2CCN(CCC(C)C)CC2)CCOCC1)c1ncccc1F. The summed E-state index contributed by atoms with van der Waals surface area (Å²) in [7, 11) is 0. The summed E-state index contributed by atoms with van der Waals surface area (Å²) in [6, 6.07) is 2.94. The van der Waals surface area contributed by atoms with Gasteiger partial charge < -0.3 is 9.64 Å². The second-order valence-corrected chi connectivity index (χ2v) is 8.99. The van der Waals surface area contributed by atoms with E-state index in [0.29, 0.717) is 32.1 Å². The molecule has 0 aromatic carbocycles. The van der Waals surface area contributed by atoms with Crippen molar-refractivity contribution >= 4 is 11.7 Å². The van der Waals surface area contributed by atoms with Crippen LogP contribution in [0.25, 0.3) is 0 Å². The maximum Gasteiger partial charge on any atom is 0.228 e. The Kier molecular flexibility index (Phi) is 8.20. The third-order valence-corrected chi connectivity index (χ3v) is 6.54. The number of pyridine rings is 1. The standard InChI is InChI=1S/C23H37FN4O2/c1-4-21(29)28(22-20(24)6-5-10-25-22)18-23(8-16-30-17-9-23)27-14-12-26(13-15-27)11-7-19(2)3/h5-6,10,19H,4,7-9,11-18H2,1-3H3. The molecule has 3 heterocycles. The first-order chi connectivity index (χ1) is 14.4. The number of hydrogen-bond acceptors (Lipinski definition) is 5. The number of piperazine rings is 1. The summed E-state index contributed by atoms with van der Waals surface area (Å²) in [5, 5.41) is 0. The van der Waals surface area contributed by atoms with Crippen LogP contribution in [0.1, 0.15) is 46.5 Å². The normalized spacial score (nSPS) is 20.4. The van der Waals surface area contributed by atoms with Crippen molar-refractivity contribution in [2.45, 2.75) is 52.0 Å². The Morgan fingerprint density at radius 3 is 2.57 bits per heavy atom. The number of nitrogens with zero attached hydrogens (tertiary/aromatic N) is 4. The van der Waals surface area contributed by atoms with Crippen molar-refractivity contribution in [2.75, 3.05) is 57.4 Å². The lowest BCUT2D eigenvalue weighted by Crippen LogP contribution is -2.63. The highest BCUT2D eigenvalue weighted by Gasteiger charge is 2.42. The molecule has 30 heavy (non-hydrogen) atoms. The van der Waals surface area contributed by atoms with Gasteiger partial charge in [-0.15, -0.1) is 0 Å². The number of aromatic nitrogens is 1. The molecule has 1 amide bonds. The number of hydrogen-bond donors (Lipinski definition) is 0. The third kappa shape index (κ3) is 5.56. The summed E-state index contributed by atoms with van der Waals surface area (Å²) in [4.78, 5) is 23.7. The molecule has 0 bridgehead atoms. The molecule has 0 unspecified atom stereocenters. The van der Waals surface area contributed by atoms with Gasteiger partial charge in [0.15, 0.2) is 11.6 Å². The lowest BCUT2D eigenvalue weighted by atomic mass is 9.86. The van der Waals surface area contributed by atoms with Gasteiger partial charge in [0, 0.05) is 64.1 Å². The molecule has 3 rings (SSSR count). The molecule has 0 N–H and O–H groups in total. The second-order valence-electron chi connectivity index (χ2n) is 8.99. The fourth-order valence-corrected chi connectivity index (χ4v) is 4.55. The monoisotopic (exact) mass is 420 g/mol. The van der Waals surface area contributed by atoms with E-state index in [1.807, 2.05) is 6.92 Å². The molecular formula is C23H37FN4O2. The zero-order chi connectivity index (χ0) is 21.6. The Morgan fingerprint density at radius 2 is 1.97 bits per heavy atom. The fourth-order valence-electron chi connectivity index (χ4n) is 4.55. The van der Waals surface area contributed by atoms with Crippen molar-refractivity contribution < 1.29 is 13.9 Å². The van der Waals surface area contributed by atoms with Crippen LogP contribution in [-0.4, -0.2) is 78.7 Å². The minimum atomic E-state index is -0.444. The number of carbonyl (C=O) groups excluding carboxylic acids is 1. The summed E-state index contributed by atoms with van der Waals surface area (Å²) in [6.07, 6.45) is 4.79. The summed E-state index contributed by atoms with van der Waals surface area (Å²) < 4.78 is 20.2. The van der Waals surface area contributed by atoms with Gasteiger partial charge in [-0.05, 0) is 43.9 Å². The predicted molar refractivity (Wildman–Crippen MR) is 117 cm³/mol. The summed E-state index contributed by atoms with van der Waals surface area (Å²) in [5.74, 6) is 0.326. The minimum absolute atomic E-state index is 0.0889. The number of carbonyl (C=O) groups is 1. The fraction of sp³-hybridized carbons (Fsp3) is 0.739. The predicted octanol–water partition coefficient (Wildman–Crippen LogP) is 3.18. The van der Waals surface area contributed by atoms with Gasteiger partial charge in [0.25, 0.3) is 0 Å². The Bertz CT molecular complexity index is 686. The lowest BCUT2D eigenvalue weighted by molar-refractivity contribution is -0.119. The maximum atomic E-state index is 14.6. The van der Waals surface area contributed by atoms with Gasteiger partial charge in [-0.1, -0.05) is 20.8 Å². The highest BCUT2D eigenvalue weighted by atomic mass is 19.1. The largest absolute Gasteiger partial charge is 0.381 e. The van der Waals surface area contributed by atoms with Crippen LogP contribution in [0.15, 0.2) is 18.3 Å². The van der Waals surface area contributed by atoms with Gasteiger partial charge in [0.2, 0.25) is 5.91 Å². The number of anilines is 1. The molecule has 2 saturated heterocycles. The lowest BCUT2D eigenvalue weighted by Gasteiger charge is -2.51. The van der Waals surface area contributed by atoms with Crippen molar-refractivity contribution in [2.24, 2.45) is 5.92 Å². The molecule has 7 heteroatoms. The van der Waals surface area contributed by atoms with Crippen LogP contribution in [0.3, 0.4) is 0 Å². The van der Waals surface area contributed by atoms with Gasteiger partial charge in [-0.25, -0.2) is 9.37 Å². The molecule has 1 aromatic heterocycles. The average Bonchev–Trinajstić information content (AvgIpc) is 2.77. The number of ether oxygens (including phenoxy) is 1. The highest BCUT2D eigenvalue weighted by molar-refractivity contribution is 5.92. The number of rotatable bonds is 8. The van der Waals surface area contributed by atoms with Crippen molar-refractivity contribution in [1.82, 2.24) is 14.8 Å². The quantitative estimate of drug-likeness (QED) is 0.647. The van der Waals surface area contributed by atoms with E-state index in [1.165, 1.54) is 12.5 Å². The maximum absolute atomic E-state index is 14.6. The highest BCUT2D eigenvalue weighted by Crippen LogP contribution is 2.32. The molecule has 0 radical (unpaired) electrons. The molecule has 0 atom stereocenters. The first kappa shape index (κ1) is 23.1. The molecule has 6 nitrogen and oxygen atoms in total. The molecule has 2 aliphatic heterocycles. The summed E-state index contributed by atoms with van der Waals surface area (Å²) in [5.41, 5.74) is -0.197. The van der Waals surface area contributed by atoms with Crippen molar-refractivity contribution in [3.8, 4) is 0 Å². The van der Waals surface area contributed by atoms with Crippen LogP contribution in [0.5, 0.6) is 0 Å². The first-order valence-corrected chi connectivity index (χ1v) is 11.4.